The molecule has 2 heterocycles. The van der Waals surface area contributed by atoms with Crippen molar-refractivity contribution >= 4 is 39.4 Å². The molecule has 0 radical (unpaired) electrons. The minimum atomic E-state index is -1.32. The summed E-state index contributed by atoms with van der Waals surface area (Å²) >= 11 is 0. The van der Waals surface area contributed by atoms with Gasteiger partial charge in [-0.25, -0.2) is 9.19 Å². The summed E-state index contributed by atoms with van der Waals surface area (Å²) < 4.78 is 26.6. The molecule has 11 heteroatoms. The van der Waals surface area contributed by atoms with E-state index in [1.165, 1.54) is 12.3 Å². The fraction of sp³-hybridized carbons (Fsp3) is 0.241. The molecule has 5 rings (SSSR count). The maximum absolute atomic E-state index is 13.5. The predicted molar refractivity (Wildman–Crippen MR) is 152 cm³/mol. The van der Waals surface area contributed by atoms with Gasteiger partial charge in [-0.05, 0) is 54.4 Å². The summed E-state index contributed by atoms with van der Waals surface area (Å²) in [5.41, 5.74) is 2.33. The van der Waals surface area contributed by atoms with Gasteiger partial charge in [0.05, 0.1) is 36.2 Å². The zero-order valence-electron chi connectivity index (χ0n) is 22.3. The highest BCUT2D eigenvalue weighted by Gasteiger charge is 2.35. The molecule has 0 spiro atoms. The number of nitrogens with one attached hydrogen (secondary N) is 1. The molecule has 2 amide bonds. The van der Waals surface area contributed by atoms with E-state index >= 15 is 0 Å². The van der Waals surface area contributed by atoms with Gasteiger partial charge in [0.2, 0.25) is 0 Å². The number of rotatable bonds is 10. The lowest BCUT2D eigenvalue weighted by Crippen LogP contribution is -2.34. The van der Waals surface area contributed by atoms with Gasteiger partial charge in [-0.15, -0.1) is 0 Å². The van der Waals surface area contributed by atoms with Crippen molar-refractivity contribution < 1.29 is 23.3 Å². The Morgan fingerprint density at radius 1 is 0.850 bits per heavy atom. The molecule has 1 atom stereocenters. The van der Waals surface area contributed by atoms with Gasteiger partial charge in [0.25, 0.3) is 17.4 Å². The highest BCUT2D eigenvalue weighted by Crippen LogP contribution is 2.28. The van der Waals surface area contributed by atoms with Gasteiger partial charge in [0.15, 0.2) is 11.5 Å². The van der Waals surface area contributed by atoms with Crippen LogP contribution in [0, 0.1) is 0 Å². The van der Waals surface area contributed by atoms with Gasteiger partial charge in [-0.1, -0.05) is 18.2 Å². The lowest BCUT2D eigenvalue weighted by molar-refractivity contribution is 0.0655. The number of aryl methyl sites for hydroxylation is 1. The quantitative estimate of drug-likeness (QED) is 0.296. The van der Waals surface area contributed by atoms with Gasteiger partial charge in [-0.3, -0.25) is 23.9 Å². The lowest BCUT2D eigenvalue weighted by atomic mass is 10.1. The van der Waals surface area contributed by atoms with Crippen molar-refractivity contribution in [2.75, 3.05) is 31.7 Å². The molecular weight excluding hydrogens is 532 g/mol. The molecule has 1 aliphatic rings. The Labute approximate surface area is 233 Å². The Balaban J connectivity index is 1.42. The second-order valence-electron chi connectivity index (χ2n) is 9.27. The number of imide groups is 1. The number of hydrogen-bond donors (Lipinski definition) is 1. The first-order valence-electron chi connectivity index (χ1n) is 12.6. The van der Waals surface area contributed by atoms with Crippen LogP contribution in [0.4, 0.5) is 5.69 Å². The number of amides is 2. The molecule has 3 aromatic carbocycles. The Bertz CT molecular complexity index is 1720. The summed E-state index contributed by atoms with van der Waals surface area (Å²) in [4.78, 5) is 45.6. The highest BCUT2D eigenvalue weighted by atomic mass is 32.2. The maximum atomic E-state index is 13.5. The van der Waals surface area contributed by atoms with Crippen molar-refractivity contribution in [3.05, 3.63) is 93.5 Å². The monoisotopic (exact) mass is 560 g/mol. The van der Waals surface area contributed by atoms with E-state index in [2.05, 4.69) is 4.72 Å². The lowest BCUT2D eigenvalue weighted by Gasteiger charge is -2.17. The number of methoxy groups -OCH3 is 2. The van der Waals surface area contributed by atoms with E-state index in [0.717, 1.165) is 10.5 Å². The van der Waals surface area contributed by atoms with Crippen LogP contribution in [0.15, 0.2) is 65.5 Å². The molecule has 10 nitrogen and oxygen atoms in total. The summed E-state index contributed by atoms with van der Waals surface area (Å²) in [6, 6.07) is 17.4. The smallest absolute Gasteiger partial charge is 0.261 e. The third kappa shape index (κ3) is 5.20. The van der Waals surface area contributed by atoms with Crippen LogP contribution < -0.4 is 19.8 Å². The van der Waals surface area contributed by atoms with E-state index in [0.29, 0.717) is 46.9 Å². The number of nitrogens with zero attached hydrogens (tertiary/aromatic N) is 3. The van der Waals surface area contributed by atoms with Crippen LogP contribution in [0.1, 0.15) is 32.1 Å². The molecule has 0 fully saturated rings. The second-order valence-corrected chi connectivity index (χ2v) is 10.4. The van der Waals surface area contributed by atoms with Gasteiger partial charge in [-0.2, -0.15) is 0 Å². The first-order chi connectivity index (χ1) is 19.3. The molecule has 0 bridgehead atoms. The third-order valence-corrected chi connectivity index (χ3v) is 7.33. The first-order valence-corrected chi connectivity index (χ1v) is 14.2. The number of fused-ring (bicyclic) bond motifs is 2. The average Bonchev–Trinajstić information content (AvgIpc) is 3.19. The topological polar surface area (TPSA) is 120 Å². The zero-order chi connectivity index (χ0) is 28.4. The fourth-order valence-electron chi connectivity index (χ4n) is 4.85. The van der Waals surface area contributed by atoms with Crippen molar-refractivity contribution in [3.63, 3.8) is 0 Å². The van der Waals surface area contributed by atoms with Crippen molar-refractivity contribution in [3.8, 4) is 11.5 Å². The molecule has 1 N–H and O–H groups in total. The van der Waals surface area contributed by atoms with E-state index in [1.807, 2.05) is 24.3 Å². The molecule has 0 aliphatic carbocycles. The number of aromatic nitrogens is 2. The number of ether oxygens (including phenoxy) is 2. The standard InChI is InChI=1S/C29H28N4O6S/c1-38-24-11-8-18(16-25(24)39-2)12-14-32-26(30-23-7-5-4-6-21(23)28(32)35)13-15-33-27(34)20-10-9-19(31-40(3)37)17-22(20)29(33)36/h4-11,16-17,31H,12-15H2,1-3H3. The molecule has 1 unspecified atom stereocenters. The molecule has 0 saturated carbocycles. The normalized spacial score (nSPS) is 13.4. The van der Waals surface area contributed by atoms with Crippen LogP contribution in [0.25, 0.3) is 10.9 Å². The van der Waals surface area contributed by atoms with Crippen molar-refractivity contribution in [2.24, 2.45) is 0 Å². The van der Waals surface area contributed by atoms with Crippen LogP contribution >= 0.6 is 0 Å². The summed E-state index contributed by atoms with van der Waals surface area (Å²) in [6.07, 6.45) is 2.20. The van der Waals surface area contributed by atoms with Crippen LogP contribution in [0.5, 0.6) is 11.5 Å². The minimum Gasteiger partial charge on any atom is -0.493 e. The summed E-state index contributed by atoms with van der Waals surface area (Å²) in [6.45, 7) is 0.392. The molecule has 1 aliphatic heterocycles. The summed E-state index contributed by atoms with van der Waals surface area (Å²) in [5, 5.41) is 0.493. The molecule has 40 heavy (non-hydrogen) atoms. The number of benzene rings is 3. The largest absolute Gasteiger partial charge is 0.493 e. The predicted octanol–water partition coefficient (Wildman–Crippen LogP) is 3.20. The Morgan fingerprint density at radius 3 is 2.35 bits per heavy atom. The van der Waals surface area contributed by atoms with E-state index in [4.69, 9.17) is 14.5 Å². The number of anilines is 1. The van der Waals surface area contributed by atoms with Crippen LogP contribution in [0.2, 0.25) is 0 Å². The van der Waals surface area contributed by atoms with Crippen LogP contribution in [-0.4, -0.2) is 57.5 Å². The van der Waals surface area contributed by atoms with Crippen LogP contribution in [0.3, 0.4) is 0 Å². The van der Waals surface area contributed by atoms with E-state index in [9.17, 15) is 18.6 Å². The number of carbonyl (C=O) groups is 2. The Hall–Kier alpha value is -4.51. The fourth-order valence-corrected chi connectivity index (χ4v) is 5.31. The molecule has 1 aromatic heterocycles. The van der Waals surface area contributed by atoms with Crippen molar-refractivity contribution in [2.45, 2.75) is 19.4 Å². The van der Waals surface area contributed by atoms with Gasteiger partial charge >= 0.3 is 0 Å². The van der Waals surface area contributed by atoms with E-state index in [1.54, 1.807) is 49.1 Å². The second kappa shape index (κ2) is 11.3. The average molecular weight is 561 g/mol. The van der Waals surface area contributed by atoms with Crippen molar-refractivity contribution in [1.82, 2.24) is 14.5 Å². The highest BCUT2D eigenvalue weighted by molar-refractivity contribution is 7.85. The Kier molecular flexibility index (Phi) is 7.65. The van der Waals surface area contributed by atoms with Gasteiger partial charge in [0.1, 0.15) is 16.8 Å². The summed E-state index contributed by atoms with van der Waals surface area (Å²) in [7, 11) is 1.82. The van der Waals surface area contributed by atoms with E-state index in [-0.39, 0.29) is 29.7 Å². The molecule has 0 saturated heterocycles. The SMILES string of the molecule is COc1ccc(CCn2c(CCN3C(=O)c4ccc(NS(C)=O)cc4C3=O)nc3ccccc3c2=O)cc1OC. The number of hydrogen-bond acceptors (Lipinski definition) is 7. The maximum Gasteiger partial charge on any atom is 0.261 e. The van der Waals surface area contributed by atoms with E-state index < -0.39 is 22.8 Å². The number of para-hydroxylation sites is 1. The van der Waals surface area contributed by atoms with Crippen molar-refractivity contribution in [1.29, 1.82) is 0 Å². The molecule has 206 valence electrons. The number of carbonyl (C=O) groups excluding carboxylic acids is 2. The van der Waals surface area contributed by atoms with Gasteiger partial charge in [0, 0.05) is 31.5 Å². The molecular formula is C29H28N4O6S. The molecule has 4 aromatic rings. The third-order valence-electron chi connectivity index (χ3n) is 6.80. The zero-order valence-corrected chi connectivity index (χ0v) is 23.1. The first kappa shape index (κ1) is 27.1. The van der Waals surface area contributed by atoms with Crippen LogP contribution in [-0.2, 0) is 30.4 Å². The van der Waals surface area contributed by atoms with Gasteiger partial charge < -0.3 is 14.2 Å². The Morgan fingerprint density at radius 2 is 1.60 bits per heavy atom. The summed E-state index contributed by atoms with van der Waals surface area (Å²) in [5.74, 6) is 0.834. The minimum absolute atomic E-state index is 0.0515.